The number of nitrogen functional groups attached to an aromatic ring is 1. The number of nitrogens with zero attached hydrogens (tertiary/aromatic N) is 3. The van der Waals surface area contributed by atoms with Crippen LogP contribution in [-0.2, 0) is 10.4 Å². The standard InChI is InChI=1S/C8H6B6N4O5/c9-2-16-3(15)17-4(20)18(2)8(14)5(10,21)1(19)6(11,23-8)7(12,13)22/h1,19,21-22H,(H2,15,17,20)/t1-,5?,6?,8?/m1/s1. The molecule has 15 heteroatoms. The van der Waals surface area contributed by atoms with Crippen molar-refractivity contribution in [1.29, 1.82) is 0 Å². The largest absolute Gasteiger partial charge is 0.407 e. The monoisotopic (exact) mass is 304 g/mol. The van der Waals surface area contributed by atoms with Crippen molar-refractivity contribution in [3.05, 3.63) is 10.5 Å². The summed E-state index contributed by atoms with van der Waals surface area (Å²) >= 11 is 0. The summed E-state index contributed by atoms with van der Waals surface area (Å²) in [6.07, 6.45) is -2.36. The maximum absolute atomic E-state index is 12.0. The number of hydrogen-bond donors (Lipinski definition) is 4. The normalized spacial score (nSPS) is 37.8. The summed E-state index contributed by atoms with van der Waals surface area (Å²) in [5, 5.41) is 27.2. The Balaban J connectivity index is 2.75. The predicted molar refractivity (Wildman–Crippen MR) is 82.6 cm³/mol. The molecule has 0 aromatic carbocycles. The van der Waals surface area contributed by atoms with Gasteiger partial charge in [-0.3, -0.25) is 4.57 Å². The Bertz CT molecular complexity index is 709. The molecule has 0 spiro atoms. The van der Waals surface area contributed by atoms with E-state index in [-0.39, 0.29) is 4.57 Å². The van der Waals surface area contributed by atoms with E-state index in [1.165, 1.54) is 0 Å². The average molecular weight is 303 g/mol. The van der Waals surface area contributed by atoms with Crippen LogP contribution in [0.25, 0.3) is 0 Å². The number of ether oxygens (including phenoxy) is 1. The van der Waals surface area contributed by atoms with Crippen molar-refractivity contribution < 1.29 is 20.1 Å². The van der Waals surface area contributed by atoms with Gasteiger partial charge < -0.3 is 25.8 Å². The Labute approximate surface area is 138 Å². The molecule has 2 heterocycles. The quantitative estimate of drug-likeness (QED) is 0.395. The van der Waals surface area contributed by atoms with Crippen LogP contribution in [0.3, 0.4) is 0 Å². The van der Waals surface area contributed by atoms with Crippen LogP contribution in [0.4, 0.5) is 5.95 Å². The Morgan fingerprint density at radius 3 is 2.22 bits per heavy atom. The third-order valence-corrected chi connectivity index (χ3v) is 3.54. The Morgan fingerprint density at radius 1 is 1.30 bits per heavy atom. The first-order valence-corrected chi connectivity index (χ1v) is 5.98. The lowest BCUT2D eigenvalue weighted by Crippen LogP contribution is -2.66. The number of aliphatic hydroxyl groups excluding tert-OH is 1. The highest BCUT2D eigenvalue weighted by molar-refractivity contribution is 6.44. The third-order valence-electron chi connectivity index (χ3n) is 3.54. The summed E-state index contributed by atoms with van der Waals surface area (Å²) in [6.45, 7) is 0. The van der Waals surface area contributed by atoms with Gasteiger partial charge in [-0.05, 0) is 0 Å². The molecule has 1 aliphatic heterocycles. The minimum Gasteiger partial charge on any atom is -0.407 e. The molecular formula is C8H6B6N4O5. The van der Waals surface area contributed by atoms with Gasteiger partial charge in [0.25, 0.3) is 0 Å². The fourth-order valence-electron chi connectivity index (χ4n) is 2.19. The van der Waals surface area contributed by atoms with Crippen molar-refractivity contribution in [1.82, 2.24) is 14.5 Å². The first-order chi connectivity index (χ1) is 10.2. The second-order valence-electron chi connectivity index (χ2n) is 5.20. The lowest BCUT2D eigenvalue weighted by Gasteiger charge is -2.42. The van der Waals surface area contributed by atoms with Gasteiger partial charge in [-0.1, -0.05) is 0 Å². The Hall–Kier alpha value is -1.16. The first kappa shape index (κ1) is 18.2. The fraction of sp³-hybridized carbons (Fsp3) is 0.625. The van der Waals surface area contributed by atoms with E-state index in [2.05, 4.69) is 9.97 Å². The van der Waals surface area contributed by atoms with Crippen LogP contribution in [0.15, 0.2) is 4.79 Å². The minimum atomic E-state index is -2.99. The van der Waals surface area contributed by atoms with Crippen LogP contribution in [0.1, 0.15) is 0 Å². The maximum atomic E-state index is 12.0. The van der Waals surface area contributed by atoms with Crippen molar-refractivity contribution in [2.45, 2.75) is 28.1 Å². The van der Waals surface area contributed by atoms with Gasteiger partial charge in [0.2, 0.25) is 5.95 Å². The molecular weight excluding hydrogens is 297 g/mol. The SMILES string of the molecule is [B]c1nc(N)nc(=O)n1C1([B])OC([B])(C([B])([B])O)[C@H](O)C1([B])O. The van der Waals surface area contributed by atoms with Gasteiger partial charge in [0, 0.05) is 5.40 Å². The predicted octanol–water partition coefficient (Wildman–Crippen LogP) is -7.11. The highest BCUT2D eigenvalue weighted by atomic mass is 16.6. The molecule has 0 amide bonds. The van der Waals surface area contributed by atoms with E-state index in [0.717, 1.165) is 0 Å². The lowest BCUT2D eigenvalue weighted by molar-refractivity contribution is -0.130. The fourth-order valence-corrected chi connectivity index (χ4v) is 2.19. The minimum absolute atomic E-state index is 0.271. The van der Waals surface area contributed by atoms with Crippen molar-refractivity contribution in [3.8, 4) is 0 Å². The van der Waals surface area contributed by atoms with E-state index < -0.39 is 45.5 Å². The van der Waals surface area contributed by atoms with Gasteiger partial charge in [0.1, 0.15) is 44.9 Å². The summed E-state index contributed by atoms with van der Waals surface area (Å²) in [7, 11) is 32.8. The van der Waals surface area contributed by atoms with Crippen LogP contribution < -0.4 is 17.1 Å². The van der Waals surface area contributed by atoms with E-state index in [4.69, 9.17) is 57.5 Å². The number of hydrogen-bond acceptors (Lipinski definition) is 8. The number of nitrogens with two attached hydrogens (primary N) is 1. The molecule has 1 aliphatic rings. The number of anilines is 1. The topological polar surface area (TPSA) is 144 Å². The summed E-state index contributed by atoms with van der Waals surface area (Å²) in [5.41, 5.74) is -5.31. The molecule has 1 aromatic heterocycles. The van der Waals surface area contributed by atoms with E-state index >= 15 is 0 Å². The zero-order chi connectivity index (χ0) is 18.0. The van der Waals surface area contributed by atoms with Gasteiger partial charge in [0.15, 0.2) is 7.85 Å². The molecule has 23 heavy (non-hydrogen) atoms. The highest BCUT2D eigenvalue weighted by Crippen LogP contribution is 2.46. The molecule has 9 nitrogen and oxygen atoms in total. The van der Waals surface area contributed by atoms with E-state index in [0.29, 0.717) is 0 Å². The van der Waals surface area contributed by atoms with Crippen LogP contribution in [-0.4, -0.2) is 99.4 Å². The van der Waals surface area contributed by atoms with E-state index in [1.54, 1.807) is 0 Å². The molecule has 5 N–H and O–H groups in total. The van der Waals surface area contributed by atoms with Crippen LogP contribution in [0.2, 0.25) is 0 Å². The van der Waals surface area contributed by atoms with Crippen molar-refractivity contribution in [3.63, 3.8) is 0 Å². The summed E-state index contributed by atoms with van der Waals surface area (Å²) in [5.74, 6) is -0.500. The molecule has 106 valence electrons. The van der Waals surface area contributed by atoms with Gasteiger partial charge in [-0.25, -0.2) is 9.78 Å². The van der Waals surface area contributed by atoms with Crippen molar-refractivity contribution >= 4 is 58.7 Å². The molecule has 1 fully saturated rings. The van der Waals surface area contributed by atoms with Crippen molar-refractivity contribution in [2.75, 3.05) is 5.73 Å². The average Bonchev–Trinajstić information content (AvgIpc) is 2.47. The molecule has 0 saturated carbocycles. The zero-order valence-electron chi connectivity index (χ0n) is 11.6. The Morgan fingerprint density at radius 2 is 1.83 bits per heavy atom. The van der Waals surface area contributed by atoms with Crippen LogP contribution in [0, 0.1) is 0 Å². The molecule has 2 rings (SSSR count). The smallest absolute Gasteiger partial charge is 0.353 e. The molecule has 0 bridgehead atoms. The molecule has 12 radical (unpaired) electrons. The molecule has 1 aromatic rings. The van der Waals surface area contributed by atoms with Crippen LogP contribution >= 0.6 is 0 Å². The molecule has 1 saturated heterocycles. The van der Waals surface area contributed by atoms with Crippen molar-refractivity contribution in [2.24, 2.45) is 0 Å². The highest BCUT2D eigenvalue weighted by Gasteiger charge is 2.68. The number of aliphatic hydroxyl groups is 3. The van der Waals surface area contributed by atoms with Gasteiger partial charge >= 0.3 is 5.69 Å². The molecule has 4 atom stereocenters. The lowest BCUT2D eigenvalue weighted by atomic mass is 9.45. The first-order valence-electron chi connectivity index (χ1n) is 5.98. The van der Waals surface area contributed by atoms with Crippen LogP contribution in [0.5, 0.6) is 0 Å². The maximum Gasteiger partial charge on any atom is 0.353 e. The van der Waals surface area contributed by atoms with Gasteiger partial charge in [-0.15, -0.1) is 0 Å². The zero-order valence-corrected chi connectivity index (χ0v) is 11.6. The second kappa shape index (κ2) is 4.92. The summed E-state index contributed by atoms with van der Waals surface area (Å²) in [4.78, 5) is 18.7. The van der Waals surface area contributed by atoms with Gasteiger partial charge in [0.05, 0.1) is 22.8 Å². The number of rotatable bonds is 2. The van der Waals surface area contributed by atoms with E-state index in [1.807, 2.05) is 0 Å². The Kier molecular flexibility index (Phi) is 3.89. The van der Waals surface area contributed by atoms with E-state index in [9.17, 15) is 20.1 Å². The molecule has 0 aliphatic carbocycles. The van der Waals surface area contributed by atoms with Gasteiger partial charge in [-0.2, -0.15) is 4.98 Å². The molecule has 3 unspecified atom stereocenters. The third kappa shape index (κ3) is 2.29. The summed E-state index contributed by atoms with van der Waals surface area (Å²) in [6, 6.07) is 0. The second-order valence-corrected chi connectivity index (χ2v) is 5.20. The summed E-state index contributed by atoms with van der Waals surface area (Å²) < 4.78 is 5.28. The number of aromatic nitrogens is 3.